The number of nitrogens with one attached hydrogen (secondary N) is 2. The molecule has 3 N–H and O–H groups in total. The normalized spacial score (nSPS) is 14.2. The maximum atomic E-state index is 13.0. The van der Waals surface area contributed by atoms with Crippen LogP contribution in [-0.2, 0) is 30.5 Å². The van der Waals surface area contributed by atoms with E-state index in [1.807, 2.05) is 66.7 Å². The minimum atomic E-state index is -1.33. The second-order valence-corrected chi connectivity index (χ2v) is 9.80. The van der Waals surface area contributed by atoms with Gasteiger partial charge in [0.1, 0.15) is 19.3 Å². The van der Waals surface area contributed by atoms with Gasteiger partial charge in [-0.05, 0) is 41.7 Å². The van der Waals surface area contributed by atoms with Crippen LogP contribution in [0.4, 0.5) is 4.79 Å². The van der Waals surface area contributed by atoms with Crippen LogP contribution in [0.1, 0.15) is 42.9 Å². The van der Waals surface area contributed by atoms with E-state index >= 15 is 0 Å². The van der Waals surface area contributed by atoms with E-state index in [-0.39, 0.29) is 19.1 Å². The van der Waals surface area contributed by atoms with Crippen molar-refractivity contribution in [3.05, 3.63) is 95.6 Å². The molecule has 0 aliphatic heterocycles. The number of alkyl carbamates (subject to hydrolysis) is 1. The summed E-state index contributed by atoms with van der Waals surface area (Å²) in [6.07, 6.45) is -1.34. The second kappa shape index (κ2) is 12.9. The number of carboxylic acid groups (broad SMARTS) is 1. The molecule has 3 aromatic rings. The lowest BCUT2D eigenvalue weighted by Crippen LogP contribution is -2.52. The molecule has 2 amide bonds. The van der Waals surface area contributed by atoms with Crippen molar-refractivity contribution in [2.45, 2.75) is 44.9 Å². The lowest BCUT2D eigenvalue weighted by Gasteiger charge is -2.23. The number of hydrogen-bond acceptors (Lipinski definition) is 6. The third-order valence-corrected chi connectivity index (χ3v) is 7.08. The average Bonchev–Trinajstić information content (AvgIpc) is 3.28. The molecule has 0 radical (unpaired) electrons. The molecule has 9 nitrogen and oxygen atoms in total. The highest BCUT2D eigenvalue weighted by Gasteiger charge is 2.31. The maximum absolute atomic E-state index is 13.0. The summed E-state index contributed by atoms with van der Waals surface area (Å²) in [5.41, 5.74) is 4.99. The molecule has 40 heavy (non-hydrogen) atoms. The first kappa shape index (κ1) is 28.4. The van der Waals surface area contributed by atoms with E-state index < -0.39 is 48.4 Å². The molecule has 0 saturated heterocycles. The van der Waals surface area contributed by atoms with E-state index in [2.05, 4.69) is 10.6 Å². The number of carboxylic acids is 1. The quantitative estimate of drug-likeness (QED) is 0.308. The molecule has 1 aliphatic rings. The van der Waals surface area contributed by atoms with Crippen LogP contribution in [0.2, 0.25) is 0 Å². The van der Waals surface area contributed by atoms with E-state index in [9.17, 15) is 24.3 Å². The van der Waals surface area contributed by atoms with Gasteiger partial charge in [-0.1, -0.05) is 78.9 Å². The number of rotatable bonds is 11. The van der Waals surface area contributed by atoms with Gasteiger partial charge in [0, 0.05) is 12.0 Å². The average molecular weight is 545 g/mol. The van der Waals surface area contributed by atoms with Crippen molar-refractivity contribution >= 4 is 23.9 Å². The van der Waals surface area contributed by atoms with Crippen LogP contribution in [0.5, 0.6) is 0 Å². The van der Waals surface area contributed by atoms with Crippen molar-refractivity contribution in [3.8, 4) is 11.1 Å². The van der Waals surface area contributed by atoms with Crippen LogP contribution in [0.25, 0.3) is 11.1 Å². The zero-order valence-corrected chi connectivity index (χ0v) is 22.3. The van der Waals surface area contributed by atoms with Crippen LogP contribution in [0.15, 0.2) is 78.9 Å². The van der Waals surface area contributed by atoms with Crippen LogP contribution in [-0.4, -0.2) is 47.7 Å². The first-order chi connectivity index (χ1) is 19.2. The van der Waals surface area contributed by atoms with Gasteiger partial charge in [0.25, 0.3) is 0 Å². The molecule has 0 saturated carbocycles. The molecule has 3 atom stereocenters. The molecule has 0 bridgehead atoms. The van der Waals surface area contributed by atoms with Crippen LogP contribution in [0.3, 0.4) is 0 Å². The van der Waals surface area contributed by atoms with Crippen LogP contribution in [0, 0.1) is 5.92 Å². The number of aliphatic carboxylic acids is 1. The Labute approximate surface area is 232 Å². The first-order valence-electron chi connectivity index (χ1n) is 13.1. The van der Waals surface area contributed by atoms with Crippen molar-refractivity contribution in [2.24, 2.45) is 5.92 Å². The SMILES string of the molecule is CC(NC(=O)[C@H](CC(=O)OCc1ccccc1)NC(=O)OCC1c2ccccc2-c2ccccc21)C(C)C(=O)O. The molecule has 208 valence electrons. The molecule has 0 fully saturated rings. The molecular formula is C31H32N2O7. The lowest BCUT2D eigenvalue weighted by molar-refractivity contribution is -0.147. The van der Waals surface area contributed by atoms with E-state index in [4.69, 9.17) is 9.47 Å². The van der Waals surface area contributed by atoms with Crippen molar-refractivity contribution in [1.29, 1.82) is 0 Å². The lowest BCUT2D eigenvalue weighted by atomic mass is 9.98. The van der Waals surface area contributed by atoms with Gasteiger partial charge in [-0.3, -0.25) is 14.4 Å². The topological polar surface area (TPSA) is 131 Å². The van der Waals surface area contributed by atoms with Crippen molar-refractivity contribution in [3.63, 3.8) is 0 Å². The molecule has 3 aromatic carbocycles. The zero-order valence-electron chi connectivity index (χ0n) is 22.3. The van der Waals surface area contributed by atoms with Crippen molar-refractivity contribution < 1.29 is 33.8 Å². The van der Waals surface area contributed by atoms with E-state index in [1.165, 1.54) is 13.8 Å². The van der Waals surface area contributed by atoms with Gasteiger partial charge in [-0.2, -0.15) is 0 Å². The molecule has 4 rings (SSSR count). The molecule has 0 heterocycles. The summed E-state index contributed by atoms with van der Waals surface area (Å²) >= 11 is 0. The summed E-state index contributed by atoms with van der Waals surface area (Å²) in [6.45, 7) is 3.02. The largest absolute Gasteiger partial charge is 0.481 e. The fourth-order valence-electron chi connectivity index (χ4n) is 4.62. The second-order valence-electron chi connectivity index (χ2n) is 9.80. The van der Waals surface area contributed by atoms with Crippen LogP contribution >= 0.6 is 0 Å². The van der Waals surface area contributed by atoms with Gasteiger partial charge in [-0.25, -0.2) is 4.79 Å². The predicted octanol–water partition coefficient (Wildman–Crippen LogP) is 4.25. The van der Waals surface area contributed by atoms with E-state index in [0.29, 0.717) is 0 Å². The number of carbonyl (C=O) groups excluding carboxylic acids is 3. The number of hydrogen-bond donors (Lipinski definition) is 3. The van der Waals surface area contributed by atoms with Gasteiger partial charge in [0.15, 0.2) is 0 Å². The summed E-state index contributed by atoms with van der Waals surface area (Å²) in [5, 5.41) is 14.3. The number of fused-ring (bicyclic) bond motifs is 3. The number of ether oxygens (including phenoxy) is 2. The van der Waals surface area contributed by atoms with Gasteiger partial charge in [0.2, 0.25) is 5.91 Å². The number of amides is 2. The van der Waals surface area contributed by atoms with Gasteiger partial charge < -0.3 is 25.2 Å². The minimum Gasteiger partial charge on any atom is -0.481 e. The number of benzene rings is 3. The summed E-state index contributed by atoms with van der Waals surface area (Å²) < 4.78 is 10.8. The third-order valence-electron chi connectivity index (χ3n) is 7.08. The Kier molecular flexibility index (Phi) is 9.16. The Hall–Kier alpha value is -4.66. The van der Waals surface area contributed by atoms with Crippen molar-refractivity contribution in [2.75, 3.05) is 6.61 Å². The van der Waals surface area contributed by atoms with Crippen LogP contribution < -0.4 is 10.6 Å². The highest BCUT2D eigenvalue weighted by molar-refractivity contribution is 5.90. The smallest absolute Gasteiger partial charge is 0.407 e. The van der Waals surface area contributed by atoms with E-state index in [0.717, 1.165) is 27.8 Å². The highest BCUT2D eigenvalue weighted by atomic mass is 16.5. The Balaban J connectivity index is 1.42. The Bertz CT molecular complexity index is 1330. The Morgan fingerprint density at radius 2 is 1.38 bits per heavy atom. The minimum absolute atomic E-state index is 0.00536. The molecule has 0 aromatic heterocycles. The Morgan fingerprint density at radius 1 is 0.800 bits per heavy atom. The highest BCUT2D eigenvalue weighted by Crippen LogP contribution is 2.44. The molecule has 2 unspecified atom stereocenters. The number of esters is 1. The Morgan fingerprint density at radius 3 is 1.98 bits per heavy atom. The summed E-state index contributed by atoms with van der Waals surface area (Å²) in [6, 6.07) is 22.8. The summed E-state index contributed by atoms with van der Waals surface area (Å²) in [4.78, 5) is 49.8. The van der Waals surface area contributed by atoms with E-state index in [1.54, 1.807) is 12.1 Å². The molecular weight excluding hydrogens is 512 g/mol. The van der Waals surface area contributed by atoms with Crippen molar-refractivity contribution in [1.82, 2.24) is 10.6 Å². The third kappa shape index (κ3) is 6.85. The molecule has 9 heteroatoms. The van der Waals surface area contributed by atoms with Gasteiger partial charge in [0.05, 0.1) is 12.3 Å². The molecule has 1 aliphatic carbocycles. The summed E-state index contributed by atoms with van der Waals surface area (Å²) in [7, 11) is 0. The monoisotopic (exact) mass is 544 g/mol. The first-order valence-corrected chi connectivity index (χ1v) is 13.1. The predicted molar refractivity (Wildman–Crippen MR) is 147 cm³/mol. The number of carbonyl (C=O) groups is 4. The van der Waals surface area contributed by atoms with Gasteiger partial charge >= 0.3 is 18.0 Å². The molecule has 0 spiro atoms. The van der Waals surface area contributed by atoms with Gasteiger partial charge in [-0.15, -0.1) is 0 Å². The standard InChI is InChI=1S/C31H32N2O7/c1-19(30(36)37)20(2)32-29(35)27(16-28(34)39-17-21-10-4-3-5-11-21)33-31(38)40-18-26-24-14-8-6-12-22(24)23-13-7-9-15-25(23)26/h3-15,19-20,26-27H,16-18H2,1-2H3,(H,32,35)(H,33,38)(H,36,37)/t19?,20?,27-/m0/s1. The fraction of sp³-hybridized carbons (Fsp3) is 0.290. The summed E-state index contributed by atoms with van der Waals surface area (Å²) in [5.74, 6) is -3.58. The zero-order chi connectivity index (χ0) is 28.6. The maximum Gasteiger partial charge on any atom is 0.407 e. The fourth-order valence-corrected chi connectivity index (χ4v) is 4.62.